The average molecular weight is 389 g/mol. The highest BCUT2D eigenvalue weighted by Gasteiger charge is 2.13. The van der Waals surface area contributed by atoms with Crippen molar-refractivity contribution in [2.45, 2.75) is 10.1 Å². The van der Waals surface area contributed by atoms with Gasteiger partial charge in [0.25, 0.3) is 11.1 Å². The highest BCUT2D eigenvalue weighted by atomic mass is 32.2. The Hall–Kier alpha value is -2.32. The van der Waals surface area contributed by atoms with Crippen LogP contribution >= 0.6 is 23.5 Å². The number of hydrogen-bond donors (Lipinski definition) is 1. The van der Waals surface area contributed by atoms with E-state index in [4.69, 9.17) is 4.42 Å². The molecule has 1 N–H and O–H groups in total. The van der Waals surface area contributed by atoms with Crippen LogP contribution in [0.4, 0.5) is 4.39 Å². The Morgan fingerprint density at radius 3 is 2.62 bits per heavy atom. The molecular weight excluding hydrogens is 373 g/mol. The standard InChI is InChI=1S/C18H16FN3O2S2/c19-15-9-5-4-8-14(15)17-21-22-18(24-17)26-12-16(23)20-10-11-25-13-6-2-1-3-7-13/h1-9H,10-12H2,(H,20,23). The van der Waals surface area contributed by atoms with Crippen LogP contribution in [0, 0.1) is 5.82 Å². The molecule has 0 saturated carbocycles. The van der Waals surface area contributed by atoms with Gasteiger partial charge in [0, 0.05) is 17.2 Å². The number of carbonyl (C=O) groups excluding carboxylic acids is 1. The molecule has 0 unspecified atom stereocenters. The minimum Gasteiger partial charge on any atom is -0.411 e. The molecule has 3 aromatic rings. The van der Waals surface area contributed by atoms with E-state index in [0.717, 1.165) is 17.5 Å². The lowest BCUT2D eigenvalue weighted by atomic mass is 10.2. The lowest BCUT2D eigenvalue weighted by molar-refractivity contribution is -0.118. The number of thioether (sulfide) groups is 2. The number of hydrogen-bond acceptors (Lipinski definition) is 6. The van der Waals surface area contributed by atoms with Crippen molar-refractivity contribution >= 4 is 29.4 Å². The van der Waals surface area contributed by atoms with Crippen LogP contribution in [0.1, 0.15) is 0 Å². The third-order valence-electron chi connectivity index (χ3n) is 3.27. The van der Waals surface area contributed by atoms with Crippen LogP contribution in [0.5, 0.6) is 0 Å². The molecule has 1 amide bonds. The van der Waals surface area contributed by atoms with Crippen molar-refractivity contribution in [3.05, 3.63) is 60.4 Å². The molecule has 0 atom stereocenters. The van der Waals surface area contributed by atoms with E-state index < -0.39 is 5.82 Å². The van der Waals surface area contributed by atoms with Crippen molar-refractivity contribution in [2.75, 3.05) is 18.1 Å². The summed E-state index contributed by atoms with van der Waals surface area (Å²) >= 11 is 2.80. The molecule has 0 spiro atoms. The summed E-state index contributed by atoms with van der Waals surface area (Å²) < 4.78 is 19.1. The summed E-state index contributed by atoms with van der Waals surface area (Å²) in [5, 5.41) is 10.7. The number of rotatable bonds is 8. The lowest BCUT2D eigenvalue weighted by Gasteiger charge is -2.04. The molecular formula is C18H16FN3O2S2. The van der Waals surface area contributed by atoms with Gasteiger partial charge in [0.15, 0.2) is 0 Å². The van der Waals surface area contributed by atoms with Crippen LogP contribution in [-0.2, 0) is 4.79 Å². The van der Waals surface area contributed by atoms with Crippen molar-refractivity contribution in [3.8, 4) is 11.5 Å². The van der Waals surface area contributed by atoms with Gasteiger partial charge in [-0.2, -0.15) is 0 Å². The van der Waals surface area contributed by atoms with Gasteiger partial charge in [-0.25, -0.2) is 4.39 Å². The highest BCUT2D eigenvalue weighted by Crippen LogP contribution is 2.24. The van der Waals surface area contributed by atoms with Crippen LogP contribution < -0.4 is 5.32 Å². The molecule has 0 fully saturated rings. The number of halogens is 1. The maximum Gasteiger partial charge on any atom is 0.277 e. The third-order valence-corrected chi connectivity index (χ3v) is 5.11. The second-order valence-electron chi connectivity index (χ2n) is 5.15. The van der Waals surface area contributed by atoms with Crippen LogP contribution in [0.25, 0.3) is 11.5 Å². The predicted octanol–water partition coefficient (Wildman–Crippen LogP) is 3.88. The summed E-state index contributed by atoms with van der Waals surface area (Å²) in [4.78, 5) is 13.0. The number of nitrogens with one attached hydrogen (secondary N) is 1. The molecule has 0 saturated heterocycles. The van der Waals surface area contributed by atoms with Gasteiger partial charge in [0.05, 0.1) is 11.3 Å². The molecule has 0 bridgehead atoms. The van der Waals surface area contributed by atoms with Gasteiger partial charge >= 0.3 is 0 Å². The number of nitrogens with zero attached hydrogens (tertiary/aromatic N) is 2. The normalized spacial score (nSPS) is 10.7. The van der Waals surface area contributed by atoms with Gasteiger partial charge < -0.3 is 9.73 Å². The smallest absolute Gasteiger partial charge is 0.277 e. The Labute approximate surface area is 158 Å². The molecule has 1 heterocycles. The summed E-state index contributed by atoms with van der Waals surface area (Å²) in [6.45, 7) is 0.573. The van der Waals surface area contributed by atoms with Crippen molar-refractivity contribution < 1.29 is 13.6 Å². The van der Waals surface area contributed by atoms with Crippen LogP contribution in [0.3, 0.4) is 0 Å². The van der Waals surface area contributed by atoms with Gasteiger partial charge in [-0.3, -0.25) is 4.79 Å². The first kappa shape index (κ1) is 18.5. The molecule has 26 heavy (non-hydrogen) atoms. The Morgan fingerprint density at radius 2 is 1.81 bits per heavy atom. The number of benzene rings is 2. The molecule has 5 nitrogen and oxygen atoms in total. The van der Waals surface area contributed by atoms with Crippen LogP contribution in [-0.4, -0.2) is 34.2 Å². The number of carbonyl (C=O) groups is 1. The number of amides is 1. The van der Waals surface area contributed by atoms with E-state index in [1.807, 2.05) is 30.3 Å². The summed E-state index contributed by atoms with van der Waals surface area (Å²) in [6.07, 6.45) is 0. The van der Waals surface area contributed by atoms with E-state index in [1.54, 1.807) is 30.0 Å². The first-order chi connectivity index (χ1) is 12.7. The Kier molecular flexibility index (Phi) is 6.68. The predicted molar refractivity (Wildman–Crippen MR) is 101 cm³/mol. The van der Waals surface area contributed by atoms with Crippen molar-refractivity contribution in [1.29, 1.82) is 0 Å². The van der Waals surface area contributed by atoms with E-state index in [-0.39, 0.29) is 28.3 Å². The summed E-state index contributed by atoms with van der Waals surface area (Å²) in [5.41, 5.74) is 0.245. The molecule has 0 aliphatic rings. The molecule has 0 radical (unpaired) electrons. The third kappa shape index (κ3) is 5.34. The Bertz CT molecular complexity index is 858. The lowest BCUT2D eigenvalue weighted by Crippen LogP contribution is -2.27. The molecule has 134 valence electrons. The van der Waals surface area contributed by atoms with Gasteiger partial charge in [-0.1, -0.05) is 42.1 Å². The van der Waals surface area contributed by atoms with Crippen molar-refractivity contribution in [3.63, 3.8) is 0 Å². The Morgan fingerprint density at radius 1 is 1.04 bits per heavy atom. The fraction of sp³-hybridized carbons (Fsp3) is 0.167. The molecule has 2 aromatic carbocycles. The monoisotopic (exact) mass is 389 g/mol. The zero-order chi connectivity index (χ0) is 18.2. The average Bonchev–Trinajstić information content (AvgIpc) is 3.13. The largest absolute Gasteiger partial charge is 0.411 e. The van der Waals surface area contributed by atoms with Crippen molar-refractivity contribution in [2.24, 2.45) is 0 Å². The summed E-state index contributed by atoms with van der Waals surface area (Å²) in [6, 6.07) is 16.2. The van der Waals surface area contributed by atoms with Gasteiger partial charge in [0.1, 0.15) is 5.82 Å². The maximum absolute atomic E-state index is 13.7. The van der Waals surface area contributed by atoms with Crippen LogP contribution in [0.2, 0.25) is 0 Å². The first-order valence-electron chi connectivity index (χ1n) is 7.88. The van der Waals surface area contributed by atoms with E-state index in [0.29, 0.717) is 6.54 Å². The SMILES string of the molecule is O=C(CSc1nnc(-c2ccccc2F)o1)NCCSc1ccccc1. The first-order valence-corrected chi connectivity index (χ1v) is 9.85. The second kappa shape index (κ2) is 9.40. The molecule has 8 heteroatoms. The zero-order valence-corrected chi connectivity index (χ0v) is 15.4. The topological polar surface area (TPSA) is 68.0 Å². The van der Waals surface area contributed by atoms with E-state index in [9.17, 15) is 9.18 Å². The fourth-order valence-corrected chi connectivity index (χ4v) is 3.45. The quantitative estimate of drug-likeness (QED) is 0.466. The minimum absolute atomic E-state index is 0.102. The molecule has 1 aromatic heterocycles. The minimum atomic E-state index is -0.429. The maximum atomic E-state index is 13.7. The van der Waals surface area contributed by atoms with E-state index in [2.05, 4.69) is 15.5 Å². The fourth-order valence-electron chi connectivity index (χ4n) is 2.07. The van der Waals surface area contributed by atoms with Crippen molar-refractivity contribution in [1.82, 2.24) is 15.5 Å². The molecule has 0 aliphatic carbocycles. The molecule has 3 rings (SSSR count). The zero-order valence-electron chi connectivity index (χ0n) is 13.7. The van der Waals surface area contributed by atoms with Gasteiger partial charge in [0.2, 0.25) is 5.91 Å². The molecule has 0 aliphatic heterocycles. The summed E-state index contributed by atoms with van der Waals surface area (Å²) in [7, 11) is 0. The highest BCUT2D eigenvalue weighted by molar-refractivity contribution is 7.99. The second-order valence-corrected chi connectivity index (χ2v) is 7.25. The van der Waals surface area contributed by atoms with Crippen LogP contribution in [0.15, 0.2) is 69.1 Å². The van der Waals surface area contributed by atoms with E-state index in [1.165, 1.54) is 11.0 Å². The Balaban J connectivity index is 1.40. The van der Waals surface area contributed by atoms with Gasteiger partial charge in [-0.05, 0) is 24.3 Å². The van der Waals surface area contributed by atoms with E-state index >= 15 is 0 Å². The number of aromatic nitrogens is 2. The van der Waals surface area contributed by atoms with Gasteiger partial charge in [-0.15, -0.1) is 22.0 Å². The summed E-state index contributed by atoms with van der Waals surface area (Å²) in [5.74, 6) is 0.508.